The summed E-state index contributed by atoms with van der Waals surface area (Å²) in [5, 5.41) is 10.6. The van der Waals surface area contributed by atoms with Gasteiger partial charge in [0.2, 0.25) is 0 Å². The highest BCUT2D eigenvalue weighted by Crippen LogP contribution is 2.34. The number of fused-ring (bicyclic) bond motifs is 5. The van der Waals surface area contributed by atoms with Gasteiger partial charge in [-0.15, -0.1) is 0 Å². The molecule has 1 saturated heterocycles. The van der Waals surface area contributed by atoms with E-state index in [0.717, 1.165) is 56.1 Å². The van der Waals surface area contributed by atoms with E-state index in [9.17, 15) is 0 Å². The number of nitrogens with one attached hydrogen (secondary N) is 3. The average molecular weight is 345 g/mol. The van der Waals surface area contributed by atoms with E-state index in [0.29, 0.717) is 0 Å². The number of anilines is 1. The smallest absolute Gasteiger partial charge is 0.136 e. The molecule has 1 aliphatic heterocycles. The van der Waals surface area contributed by atoms with Crippen molar-refractivity contribution >= 4 is 38.5 Å². The molecule has 5 heteroatoms. The van der Waals surface area contributed by atoms with E-state index in [2.05, 4.69) is 63.0 Å². The highest BCUT2D eigenvalue weighted by atomic mass is 15.2. The van der Waals surface area contributed by atoms with Crippen LogP contribution in [0.3, 0.4) is 0 Å². The summed E-state index contributed by atoms with van der Waals surface area (Å²) in [5.74, 6) is 0.978. The number of hydrogen-bond acceptors (Lipinski definition) is 4. The van der Waals surface area contributed by atoms with Crippen molar-refractivity contribution in [2.45, 2.75) is 0 Å². The highest BCUT2D eigenvalue weighted by molar-refractivity contribution is 6.20. The summed E-state index contributed by atoms with van der Waals surface area (Å²) in [6, 6.07) is 16.8. The molecule has 132 valence electrons. The Morgan fingerprint density at radius 3 is 2.62 bits per heavy atom. The van der Waals surface area contributed by atoms with Gasteiger partial charge in [-0.3, -0.25) is 4.90 Å². The second kappa shape index (κ2) is 6.59. The lowest BCUT2D eigenvalue weighted by Crippen LogP contribution is -2.45. The van der Waals surface area contributed by atoms with Gasteiger partial charge in [0.1, 0.15) is 5.82 Å². The molecule has 0 unspecified atom stereocenters. The van der Waals surface area contributed by atoms with Gasteiger partial charge in [-0.2, -0.15) is 0 Å². The molecule has 0 atom stereocenters. The highest BCUT2D eigenvalue weighted by Gasteiger charge is 2.14. The van der Waals surface area contributed by atoms with E-state index in [4.69, 9.17) is 4.98 Å². The van der Waals surface area contributed by atoms with Crippen molar-refractivity contribution in [1.82, 2.24) is 20.2 Å². The number of benzene rings is 2. The monoisotopic (exact) mass is 345 g/mol. The van der Waals surface area contributed by atoms with Crippen molar-refractivity contribution in [2.75, 3.05) is 44.6 Å². The minimum atomic E-state index is 0.903. The molecule has 0 bridgehead atoms. The second-order valence-electron chi connectivity index (χ2n) is 6.92. The third-order valence-electron chi connectivity index (χ3n) is 5.28. The number of hydrogen-bond donors (Lipinski definition) is 3. The zero-order valence-electron chi connectivity index (χ0n) is 14.8. The van der Waals surface area contributed by atoms with Gasteiger partial charge in [-0.05, 0) is 12.1 Å². The van der Waals surface area contributed by atoms with Gasteiger partial charge in [0, 0.05) is 55.6 Å². The molecule has 0 saturated carbocycles. The molecule has 0 aliphatic carbocycles. The molecule has 1 fully saturated rings. The van der Waals surface area contributed by atoms with E-state index in [1.165, 1.54) is 21.7 Å². The molecule has 4 aromatic rings. The van der Waals surface area contributed by atoms with Gasteiger partial charge in [-0.25, -0.2) is 4.98 Å². The minimum absolute atomic E-state index is 0.903. The second-order valence-corrected chi connectivity index (χ2v) is 6.92. The van der Waals surface area contributed by atoms with Gasteiger partial charge in [0.15, 0.2) is 0 Å². The van der Waals surface area contributed by atoms with Gasteiger partial charge >= 0.3 is 0 Å². The summed E-state index contributed by atoms with van der Waals surface area (Å²) in [4.78, 5) is 11.0. The Kier molecular flexibility index (Phi) is 3.96. The summed E-state index contributed by atoms with van der Waals surface area (Å²) < 4.78 is 0. The molecule has 2 aromatic heterocycles. The van der Waals surface area contributed by atoms with E-state index in [1.807, 2.05) is 6.07 Å². The lowest BCUT2D eigenvalue weighted by Gasteiger charge is -2.27. The molecular formula is C21H23N5. The quantitative estimate of drug-likeness (QED) is 0.532. The Morgan fingerprint density at radius 2 is 1.73 bits per heavy atom. The first-order chi connectivity index (χ1) is 12.9. The average Bonchev–Trinajstić information content (AvgIpc) is 3.09. The summed E-state index contributed by atoms with van der Waals surface area (Å²) in [6.45, 7) is 6.35. The molecule has 3 heterocycles. The van der Waals surface area contributed by atoms with Gasteiger partial charge < -0.3 is 15.6 Å². The van der Waals surface area contributed by atoms with Crippen molar-refractivity contribution in [2.24, 2.45) is 0 Å². The van der Waals surface area contributed by atoms with E-state index >= 15 is 0 Å². The molecule has 3 N–H and O–H groups in total. The Hall–Kier alpha value is -2.63. The molecule has 0 spiro atoms. The Balaban J connectivity index is 1.56. The van der Waals surface area contributed by atoms with Crippen molar-refractivity contribution < 1.29 is 0 Å². The fraction of sp³-hybridized carbons (Fsp3) is 0.286. The SMILES string of the molecule is c1ccc2c(c1)nc(NCCN1CCNCC1)c1c3ccccc3[nH]c21. The number of rotatable bonds is 4. The summed E-state index contributed by atoms with van der Waals surface area (Å²) in [6.07, 6.45) is 0. The van der Waals surface area contributed by atoms with E-state index < -0.39 is 0 Å². The first kappa shape index (κ1) is 15.6. The van der Waals surface area contributed by atoms with Crippen LogP contribution in [-0.2, 0) is 0 Å². The predicted molar refractivity (Wildman–Crippen MR) is 109 cm³/mol. The summed E-state index contributed by atoms with van der Waals surface area (Å²) in [7, 11) is 0. The number of piperazine rings is 1. The van der Waals surface area contributed by atoms with Crippen LogP contribution in [-0.4, -0.2) is 54.1 Å². The van der Waals surface area contributed by atoms with Crippen LogP contribution in [0, 0.1) is 0 Å². The number of nitrogens with zero attached hydrogens (tertiary/aromatic N) is 2. The maximum atomic E-state index is 4.95. The fourth-order valence-corrected chi connectivity index (χ4v) is 3.94. The van der Waals surface area contributed by atoms with E-state index in [1.54, 1.807) is 0 Å². The number of para-hydroxylation sites is 2. The van der Waals surface area contributed by atoms with Crippen LogP contribution in [0.5, 0.6) is 0 Å². The zero-order chi connectivity index (χ0) is 17.3. The number of aromatic nitrogens is 2. The van der Waals surface area contributed by atoms with Crippen LogP contribution in [0.1, 0.15) is 0 Å². The van der Waals surface area contributed by atoms with Crippen LogP contribution < -0.4 is 10.6 Å². The standard InChI is InChI=1S/C21H23N5/c1-3-7-17-15(5-1)19-20(24-17)16-6-2-4-8-18(16)25-21(19)23-11-14-26-12-9-22-10-13-26/h1-8,22,24H,9-14H2,(H,23,25). The topological polar surface area (TPSA) is 56.0 Å². The Morgan fingerprint density at radius 1 is 0.962 bits per heavy atom. The normalized spacial score (nSPS) is 15.8. The van der Waals surface area contributed by atoms with Gasteiger partial charge in [0.05, 0.1) is 16.4 Å². The van der Waals surface area contributed by atoms with Gasteiger partial charge in [0.25, 0.3) is 0 Å². The van der Waals surface area contributed by atoms with Crippen LogP contribution in [0.15, 0.2) is 48.5 Å². The first-order valence-electron chi connectivity index (χ1n) is 9.36. The van der Waals surface area contributed by atoms with Crippen molar-refractivity contribution in [1.29, 1.82) is 0 Å². The minimum Gasteiger partial charge on any atom is -0.368 e. The molecule has 1 aliphatic rings. The number of H-pyrrole nitrogens is 1. The third kappa shape index (κ3) is 2.69. The third-order valence-corrected chi connectivity index (χ3v) is 5.28. The van der Waals surface area contributed by atoms with Crippen molar-refractivity contribution in [3.05, 3.63) is 48.5 Å². The molecule has 5 nitrogen and oxygen atoms in total. The predicted octanol–water partition coefficient (Wildman–Crippen LogP) is 3.19. The summed E-state index contributed by atoms with van der Waals surface area (Å²) in [5.41, 5.74) is 3.35. The number of aromatic amines is 1. The first-order valence-corrected chi connectivity index (χ1v) is 9.36. The maximum absolute atomic E-state index is 4.95. The van der Waals surface area contributed by atoms with Crippen LogP contribution in [0.2, 0.25) is 0 Å². The molecule has 5 rings (SSSR count). The number of pyridine rings is 1. The molecule has 2 aromatic carbocycles. The molecule has 0 radical (unpaired) electrons. The zero-order valence-corrected chi connectivity index (χ0v) is 14.8. The Bertz CT molecular complexity index is 1060. The van der Waals surface area contributed by atoms with Crippen molar-refractivity contribution in [3.8, 4) is 0 Å². The van der Waals surface area contributed by atoms with E-state index in [-0.39, 0.29) is 0 Å². The Labute approximate surface area is 152 Å². The lowest BCUT2D eigenvalue weighted by atomic mass is 10.1. The molecule has 26 heavy (non-hydrogen) atoms. The molecular weight excluding hydrogens is 322 g/mol. The van der Waals surface area contributed by atoms with Gasteiger partial charge in [-0.1, -0.05) is 36.4 Å². The van der Waals surface area contributed by atoms with Crippen molar-refractivity contribution in [3.63, 3.8) is 0 Å². The summed E-state index contributed by atoms with van der Waals surface area (Å²) >= 11 is 0. The fourth-order valence-electron chi connectivity index (χ4n) is 3.94. The van der Waals surface area contributed by atoms with Crippen LogP contribution in [0.4, 0.5) is 5.82 Å². The van der Waals surface area contributed by atoms with Crippen LogP contribution in [0.25, 0.3) is 32.7 Å². The largest absolute Gasteiger partial charge is 0.368 e. The molecule has 0 amide bonds. The van der Waals surface area contributed by atoms with Crippen LogP contribution >= 0.6 is 0 Å². The lowest BCUT2D eigenvalue weighted by molar-refractivity contribution is 0.249. The maximum Gasteiger partial charge on any atom is 0.136 e.